The summed E-state index contributed by atoms with van der Waals surface area (Å²) < 4.78 is 13.0. The molecule has 0 radical (unpaired) electrons. The standard InChI is InChI=1S/C14H11ClFNO3/c1-8-2-3-9(6-13(8)17(19)20)14(18)11-5-4-10(16)7-12(11)15/h2-7,14,18H,1H3. The Kier molecular flexibility index (Phi) is 4.01. The van der Waals surface area contributed by atoms with Crippen LogP contribution < -0.4 is 0 Å². The zero-order valence-electron chi connectivity index (χ0n) is 10.5. The van der Waals surface area contributed by atoms with E-state index in [0.29, 0.717) is 16.7 Å². The molecule has 0 fully saturated rings. The van der Waals surface area contributed by atoms with Crippen LogP contribution in [-0.4, -0.2) is 10.0 Å². The van der Waals surface area contributed by atoms with Crippen LogP contribution in [0.15, 0.2) is 36.4 Å². The van der Waals surface area contributed by atoms with E-state index >= 15 is 0 Å². The molecule has 0 heterocycles. The summed E-state index contributed by atoms with van der Waals surface area (Å²) in [6, 6.07) is 8.03. The minimum atomic E-state index is -1.15. The monoisotopic (exact) mass is 295 g/mol. The fourth-order valence-electron chi connectivity index (χ4n) is 1.90. The fraction of sp³-hybridized carbons (Fsp3) is 0.143. The van der Waals surface area contributed by atoms with Crippen LogP contribution >= 0.6 is 11.6 Å². The lowest BCUT2D eigenvalue weighted by molar-refractivity contribution is -0.385. The Morgan fingerprint density at radius 1 is 1.30 bits per heavy atom. The Hall–Kier alpha value is -1.98. The first-order valence-electron chi connectivity index (χ1n) is 5.78. The van der Waals surface area contributed by atoms with Crippen molar-refractivity contribution in [2.45, 2.75) is 13.0 Å². The molecule has 0 aromatic heterocycles. The van der Waals surface area contributed by atoms with Gasteiger partial charge >= 0.3 is 0 Å². The quantitative estimate of drug-likeness (QED) is 0.692. The van der Waals surface area contributed by atoms with E-state index in [4.69, 9.17) is 11.6 Å². The molecule has 0 spiro atoms. The van der Waals surface area contributed by atoms with Crippen LogP contribution in [0.25, 0.3) is 0 Å². The molecule has 1 N–H and O–H groups in total. The number of nitrogens with zero attached hydrogens (tertiary/aromatic N) is 1. The van der Waals surface area contributed by atoms with E-state index in [1.54, 1.807) is 19.1 Å². The highest BCUT2D eigenvalue weighted by molar-refractivity contribution is 6.31. The molecule has 2 rings (SSSR count). The van der Waals surface area contributed by atoms with Crippen molar-refractivity contribution >= 4 is 17.3 Å². The van der Waals surface area contributed by atoms with Gasteiger partial charge in [-0.25, -0.2) is 4.39 Å². The second-order valence-corrected chi connectivity index (χ2v) is 4.78. The van der Waals surface area contributed by atoms with Crippen LogP contribution in [0.2, 0.25) is 5.02 Å². The van der Waals surface area contributed by atoms with Crippen molar-refractivity contribution in [2.24, 2.45) is 0 Å². The molecule has 0 saturated heterocycles. The predicted molar refractivity (Wildman–Crippen MR) is 73.3 cm³/mol. The zero-order chi connectivity index (χ0) is 14.9. The van der Waals surface area contributed by atoms with Gasteiger partial charge in [0.25, 0.3) is 5.69 Å². The maximum Gasteiger partial charge on any atom is 0.272 e. The first kappa shape index (κ1) is 14.4. The zero-order valence-corrected chi connectivity index (χ0v) is 11.3. The van der Waals surface area contributed by atoms with E-state index in [1.165, 1.54) is 18.2 Å². The van der Waals surface area contributed by atoms with Crippen LogP contribution in [-0.2, 0) is 0 Å². The van der Waals surface area contributed by atoms with Gasteiger partial charge in [0.15, 0.2) is 0 Å². The van der Waals surface area contributed by atoms with Crippen molar-refractivity contribution < 1.29 is 14.4 Å². The van der Waals surface area contributed by atoms with E-state index in [1.807, 2.05) is 0 Å². The van der Waals surface area contributed by atoms with Crippen molar-refractivity contribution in [1.29, 1.82) is 0 Å². The number of hydrogen-bond acceptors (Lipinski definition) is 3. The highest BCUT2D eigenvalue weighted by atomic mass is 35.5. The smallest absolute Gasteiger partial charge is 0.272 e. The molecular weight excluding hydrogens is 285 g/mol. The van der Waals surface area contributed by atoms with Gasteiger partial charge in [-0.2, -0.15) is 0 Å². The molecule has 0 saturated carbocycles. The van der Waals surface area contributed by atoms with Crippen LogP contribution in [0, 0.1) is 22.9 Å². The third-order valence-corrected chi connectivity index (χ3v) is 3.33. The normalized spacial score (nSPS) is 12.2. The maximum absolute atomic E-state index is 13.0. The molecule has 4 nitrogen and oxygen atoms in total. The molecule has 0 aliphatic heterocycles. The number of rotatable bonds is 3. The Labute approximate surface area is 119 Å². The summed E-state index contributed by atoms with van der Waals surface area (Å²) in [7, 11) is 0. The second kappa shape index (κ2) is 5.56. The van der Waals surface area contributed by atoms with E-state index in [-0.39, 0.29) is 10.7 Å². The summed E-state index contributed by atoms with van der Waals surface area (Å²) in [6.45, 7) is 1.61. The number of hydrogen-bond donors (Lipinski definition) is 1. The summed E-state index contributed by atoms with van der Waals surface area (Å²) in [5.74, 6) is -0.513. The van der Waals surface area contributed by atoms with Gasteiger partial charge in [-0.1, -0.05) is 29.8 Å². The number of aryl methyl sites for hydroxylation is 1. The third-order valence-electron chi connectivity index (χ3n) is 3.00. The van der Waals surface area contributed by atoms with Crippen molar-refractivity contribution in [3.8, 4) is 0 Å². The average molecular weight is 296 g/mol. The summed E-state index contributed by atoms with van der Waals surface area (Å²) >= 11 is 5.87. The van der Waals surface area contributed by atoms with Crippen molar-refractivity contribution in [3.05, 3.63) is 74.0 Å². The lowest BCUT2D eigenvalue weighted by Crippen LogP contribution is -2.02. The third kappa shape index (κ3) is 2.79. The predicted octanol–water partition coefficient (Wildman–Crippen LogP) is 3.78. The van der Waals surface area contributed by atoms with Crippen molar-refractivity contribution in [2.75, 3.05) is 0 Å². The molecule has 2 aromatic rings. The van der Waals surface area contributed by atoms with Gasteiger partial charge in [-0.15, -0.1) is 0 Å². The van der Waals surface area contributed by atoms with Gasteiger partial charge in [0, 0.05) is 22.2 Å². The van der Waals surface area contributed by atoms with Crippen LogP contribution in [0.3, 0.4) is 0 Å². The molecule has 6 heteroatoms. The number of aliphatic hydroxyl groups excluding tert-OH is 1. The van der Waals surface area contributed by atoms with Gasteiger partial charge in [0.1, 0.15) is 11.9 Å². The molecule has 0 bridgehead atoms. The van der Waals surface area contributed by atoms with Gasteiger partial charge in [0.2, 0.25) is 0 Å². The molecule has 0 aliphatic carbocycles. The van der Waals surface area contributed by atoms with Crippen LogP contribution in [0.4, 0.5) is 10.1 Å². The van der Waals surface area contributed by atoms with E-state index in [9.17, 15) is 19.6 Å². The molecule has 2 aromatic carbocycles. The molecule has 104 valence electrons. The summed E-state index contributed by atoms with van der Waals surface area (Å²) in [6.07, 6.45) is -1.15. The number of nitro benzene ring substituents is 1. The molecule has 0 amide bonds. The minimum absolute atomic E-state index is 0.0701. The number of nitro groups is 1. The first-order chi connectivity index (χ1) is 9.40. The van der Waals surface area contributed by atoms with Gasteiger partial charge in [-0.05, 0) is 24.6 Å². The lowest BCUT2D eigenvalue weighted by atomic mass is 9.99. The van der Waals surface area contributed by atoms with E-state index < -0.39 is 16.8 Å². The summed E-state index contributed by atoms with van der Waals surface area (Å²) in [5, 5.41) is 21.2. The largest absolute Gasteiger partial charge is 0.384 e. The van der Waals surface area contributed by atoms with Gasteiger partial charge in [-0.3, -0.25) is 10.1 Å². The second-order valence-electron chi connectivity index (χ2n) is 4.37. The molecule has 0 aliphatic rings. The number of benzene rings is 2. The number of aliphatic hydroxyl groups is 1. The molecule has 1 atom stereocenters. The van der Waals surface area contributed by atoms with E-state index in [0.717, 1.165) is 6.07 Å². The van der Waals surface area contributed by atoms with Crippen molar-refractivity contribution in [3.63, 3.8) is 0 Å². The maximum atomic E-state index is 13.0. The number of halogens is 2. The molecular formula is C14H11ClFNO3. The molecule has 1 unspecified atom stereocenters. The van der Waals surface area contributed by atoms with Gasteiger partial charge in [0.05, 0.1) is 4.92 Å². The van der Waals surface area contributed by atoms with Crippen LogP contribution in [0.1, 0.15) is 22.8 Å². The molecule has 20 heavy (non-hydrogen) atoms. The Bertz CT molecular complexity index is 675. The topological polar surface area (TPSA) is 63.4 Å². The van der Waals surface area contributed by atoms with Crippen LogP contribution in [0.5, 0.6) is 0 Å². The fourth-order valence-corrected chi connectivity index (χ4v) is 2.17. The van der Waals surface area contributed by atoms with E-state index in [2.05, 4.69) is 0 Å². The Morgan fingerprint density at radius 3 is 2.60 bits per heavy atom. The lowest BCUT2D eigenvalue weighted by Gasteiger charge is -2.13. The average Bonchev–Trinajstić information content (AvgIpc) is 2.38. The Morgan fingerprint density at radius 2 is 2.00 bits per heavy atom. The van der Waals surface area contributed by atoms with Gasteiger partial charge < -0.3 is 5.11 Å². The summed E-state index contributed by atoms with van der Waals surface area (Å²) in [4.78, 5) is 10.4. The highest BCUT2D eigenvalue weighted by Crippen LogP contribution is 2.31. The highest BCUT2D eigenvalue weighted by Gasteiger charge is 2.18. The minimum Gasteiger partial charge on any atom is -0.384 e. The SMILES string of the molecule is Cc1ccc(C(O)c2ccc(F)cc2Cl)cc1[N+](=O)[O-]. The Balaban J connectivity index is 2.45. The summed E-state index contributed by atoms with van der Waals surface area (Å²) in [5.41, 5.74) is 1.04. The van der Waals surface area contributed by atoms with Crippen molar-refractivity contribution in [1.82, 2.24) is 0 Å². The first-order valence-corrected chi connectivity index (χ1v) is 6.16.